The van der Waals surface area contributed by atoms with Crippen LogP contribution >= 0.6 is 0 Å². The second-order valence-corrected chi connectivity index (χ2v) is 9.41. The van der Waals surface area contributed by atoms with Crippen LogP contribution in [0.1, 0.15) is 16.8 Å². The zero-order valence-corrected chi connectivity index (χ0v) is 16.0. The van der Waals surface area contributed by atoms with Gasteiger partial charge in [-0.3, -0.25) is 9.69 Å². The first-order chi connectivity index (χ1) is 12.9. The fraction of sp³-hybridized carbons (Fsp3) is 0.286. The van der Waals surface area contributed by atoms with Crippen molar-refractivity contribution in [3.63, 3.8) is 0 Å². The molecule has 0 radical (unpaired) electrons. The molecule has 0 amide bonds. The zero-order chi connectivity index (χ0) is 19.0. The molecule has 1 aliphatic heterocycles. The summed E-state index contributed by atoms with van der Waals surface area (Å²) in [4.78, 5) is 18.5. The number of Topliss-reactive ketones (excluding diaryl/α,β-unsaturated/α-hetero) is 1. The van der Waals surface area contributed by atoms with Crippen LogP contribution in [-0.2, 0) is 9.84 Å². The number of hydrogen-bond donors (Lipinski definition) is 1. The maximum absolute atomic E-state index is 13.2. The van der Waals surface area contributed by atoms with E-state index in [0.29, 0.717) is 12.0 Å². The topological polar surface area (TPSA) is 70.2 Å². The highest BCUT2D eigenvalue weighted by atomic mass is 32.2. The number of nitrogens with zero attached hydrogens (tertiary/aromatic N) is 1. The molecule has 5 nitrogen and oxygen atoms in total. The molecule has 1 fully saturated rings. The Hall–Kier alpha value is -2.44. The standard InChI is InChI=1S/C21H22N2O3S/c1-23(16-11-12-27(25,26)14-16)13-19(24)20-17-9-5-6-10-18(17)22-21(20)15-7-3-2-4-8-15/h2-10,16,22H,11-14H2,1H3/t16-/m1/s1. The Morgan fingerprint density at radius 2 is 1.81 bits per heavy atom. The number of rotatable bonds is 5. The minimum Gasteiger partial charge on any atom is -0.354 e. The summed E-state index contributed by atoms with van der Waals surface area (Å²) in [6, 6.07) is 17.5. The quantitative estimate of drug-likeness (QED) is 0.688. The predicted octanol–water partition coefficient (Wildman–Crippen LogP) is 3.14. The molecule has 2 heterocycles. The Balaban J connectivity index is 1.69. The molecule has 0 aliphatic carbocycles. The van der Waals surface area contributed by atoms with E-state index in [1.54, 1.807) is 0 Å². The number of para-hydroxylation sites is 1. The van der Waals surface area contributed by atoms with Crippen molar-refractivity contribution >= 4 is 26.5 Å². The highest BCUT2D eigenvalue weighted by molar-refractivity contribution is 7.91. The minimum absolute atomic E-state index is 0.00176. The summed E-state index contributed by atoms with van der Waals surface area (Å²) in [5, 5.41) is 0.897. The van der Waals surface area contributed by atoms with E-state index < -0.39 is 9.84 Å². The van der Waals surface area contributed by atoms with E-state index in [2.05, 4.69) is 4.98 Å². The molecule has 0 unspecified atom stereocenters. The van der Waals surface area contributed by atoms with Gasteiger partial charge in [-0.2, -0.15) is 0 Å². The van der Waals surface area contributed by atoms with Gasteiger partial charge in [0.05, 0.1) is 29.3 Å². The van der Waals surface area contributed by atoms with Gasteiger partial charge in [-0.1, -0.05) is 48.5 Å². The molecule has 3 aromatic rings. The summed E-state index contributed by atoms with van der Waals surface area (Å²) >= 11 is 0. The molecule has 0 saturated carbocycles. The van der Waals surface area contributed by atoms with Gasteiger partial charge in [0.1, 0.15) is 0 Å². The highest BCUT2D eigenvalue weighted by Gasteiger charge is 2.32. The lowest BCUT2D eigenvalue weighted by Crippen LogP contribution is -2.36. The molecule has 1 saturated heterocycles. The smallest absolute Gasteiger partial charge is 0.179 e. The minimum atomic E-state index is -2.98. The van der Waals surface area contributed by atoms with Crippen LogP contribution < -0.4 is 0 Å². The Bertz CT molecular complexity index is 1090. The lowest BCUT2D eigenvalue weighted by Gasteiger charge is -2.22. The van der Waals surface area contributed by atoms with Gasteiger partial charge >= 0.3 is 0 Å². The molecule has 0 spiro atoms. The van der Waals surface area contributed by atoms with Gasteiger partial charge < -0.3 is 4.98 Å². The van der Waals surface area contributed by atoms with E-state index >= 15 is 0 Å². The number of carbonyl (C=O) groups excluding carboxylic acids is 1. The van der Waals surface area contributed by atoms with Gasteiger partial charge in [0.2, 0.25) is 0 Å². The molecule has 1 N–H and O–H groups in total. The Kier molecular flexibility index (Phi) is 4.61. The zero-order valence-electron chi connectivity index (χ0n) is 15.2. The van der Waals surface area contributed by atoms with E-state index in [9.17, 15) is 13.2 Å². The molecular formula is C21H22N2O3S. The summed E-state index contributed by atoms with van der Waals surface area (Å²) in [5.41, 5.74) is 3.37. The lowest BCUT2D eigenvalue weighted by atomic mass is 10.0. The molecule has 1 aromatic heterocycles. The van der Waals surface area contributed by atoms with Crippen molar-refractivity contribution in [3.8, 4) is 11.3 Å². The van der Waals surface area contributed by atoms with Crippen LogP contribution in [0.3, 0.4) is 0 Å². The lowest BCUT2D eigenvalue weighted by molar-refractivity contribution is 0.0929. The number of fused-ring (bicyclic) bond motifs is 1. The fourth-order valence-electron chi connectivity index (χ4n) is 3.81. The SMILES string of the molecule is CN(CC(=O)c1c(-c2ccccc2)[nH]c2ccccc12)[C@@H]1CCS(=O)(=O)C1. The van der Waals surface area contributed by atoms with Crippen LogP contribution in [-0.4, -0.2) is 55.2 Å². The molecular weight excluding hydrogens is 360 g/mol. The Morgan fingerprint density at radius 1 is 1.11 bits per heavy atom. The van der Waals surface area contributed by atoms with Crippen molar-refractivity contribution < 1.29 is 13.2 Å². The average molecular weight is 382 g/mol. The molecule has 2 aromatic carbocycles. The number of ketones is 1. The normalized spacial score (nSPS) is 19.0. The number of carbonyl (C=O) groups is 1. The molecule has 140 valence electrons. The number of benzene rings is 2. The summed E-state index contributed by atoms with van der Waals surface area (Å²) in [6.45, 7) is 0.196. The molecule has 1 atom stereocenters. The van der Waals surface area contributed by atoms with E-state index in [4.69, 9.17) is 0 Å². The van der Waals surface area contributed by atoms with Crippen molar-refractivity contribution in [3.05, 3.63) is 60.2 Å². The van der Waals surface area contributed by atoms with Crippen LogP contribution in [0, 0.1) is 0 Å². The van der Waals surface area contributed by atoms with Gasteiger partial charge in [-0.25, -0.2) is 8.42 Å². The van der Waals surface area contributed by atoms with Gasteiger partial charge in [0.25, 0.3) is 0 Å². The highest BCUT2D eigenvalue weighted by Crippen LogP contribution is 2.31. The number of sulfone groups is 1. The van der Waals surface area contributed by atoms with E-state index in [1.807, 2.05) is 66.5 Å². The van der Waals surface area contributed by atoms with Gasteiger partial charge in [0, 0.05) is 16.9 Å². The first kappa shape index (κ1) is 17.9. The molecule has 6 heteroatoms. The van der Waals surface area contributed by atoms with Crippen LogP contribution in [0.5, 0.6) is 0 Å². The third-order valence-corrected chi connectivity index (χ3v) is 7.02. The van der Waals surface area contributed by atoms with Gasteiger partial charge in [-0.15, -0.1) is 0 Å². The summed E-state index contributed by atoms with van der Waals surface area (Å²) in [7, 11) is -1.14. The Morgan fingerprint density at radius 3 is 2.52 bits per heavy atom. The molecule has 1 aliphatic rings. The number of nitrogens with one attached hydrogen (secondary N) is 1. The predicted molar refractivity (Wildman–Crippen MR) is 108 cm³/mol. The van der Waals surface area contributed by atoms with Crippen molar-refractivity contribution in [2.45, 2.75) is 12.5 Å². The maximum Gasteiger partial charge on any atom is 0.179 e. The number of hydrogen-bond acceptors (Lipinski definition) is 4. The maximum atomic E-state index is 13.2. The third-order valence-electron chi connectivity index (χ3n) is 5.27. The molecule has 4 rings (SSSR count). The first-order valence-corrected chi connectivity index (χ1v) is 10.9. The van der Waals surface area contributed by atoms with E-state index in [0.717, 1.165) is 22.2 Å². The molecule has 0 bridgehead atoms. The van der Waals surface area contributed by atoms with Crippen LogP contribution in [0.4, 0.5) is 0 Å². The van der Waals surface area contributed by atoms with Crippen molar-refractivity contribution in [1.82, 2.24) is 9.88 Å². The van der Waals surface area contributed by atoms with Crippen molar-refractivity contribution in [2.75, 3.05) is 25.1 Å². The number of aromatic nitrogens is 1. The van der Waals surface area contributed by atoms with E-state index in [1.165, 1.54) is 0 Å². The van der Waals surface area contributed by atoms with Crippen LogP contribution in [0.2, 0.25) is 0 Å². The second-order valence-electron chi connectivity index (χ2n) is 7.18. The fourth-order valence-corrected chi connectivity index (χ4v) is 5.62. The monoisotopic (exact) mass is 382 g/mol. The van der Waals surface area contributed by atoms with E-state index in [-0.39, 0.29) is 29.9 Å². The number of likely N-dealkylation sites (N-methyl/N-ethyl adjacent to an activating group) is 1. The summed E-state index contributed by atoms with van der Waals surface area (Å²) in [5.74, 6) is 0.340. The third kappa shape index (κ3) is 3.55. The van der Waals surface area contributed by atoms with Gasteiger partial charge in [0.15, 0.2) is 15.6 Å². The van der Waals surface area contributed by atoms with Gasteiger partial charge in [-0.05, 0) is 25.1 Å². The summed E-state index contributed by atoms with van der Waals surface area (Å²) < 4.78 is 23.5. The Labute approximate surface area is 158 Å². The number of H-pyrrole nitrogens is 1. The van der Waals surface area contributed by atoms with Crippen LogP contribution in [0.25, 0.3) is 22.2 Å². The first-order valence-electron chi connectivity index (χ1n) is 9.04. The number of aromatic amines is 1. The van der Waals surface area contributed by atoms with Crippen molar-refractivity contribution in [2.24, 2.45) is 0 Å². The largest absolute Gasteiger partial charge is 0.354 e. The van der Waals surface area contributed by atoms with Crippen LogP contribution in [0.15, 0.2) is 54.6 Å². The summed E-state index contributed by atoms with van der Waals surface area (Å²) in [6.07, 6.45) is 0.589. The van der Waals surface area contributed by atoms with Crippen molar-refractivity contribution in [1.29, 1.82) is 0 Å². The average Bonchev–Trinajstić information content (AvgIpc) is 3.22. The second kappa shape index (κ2) is 6.94. The molecule has 27 heavy (non-hydrogen) atoms.